The highest BCUT2D eigenvalue weighted by Gasteiger charge is 2.25. The van der Waals surface area contributed by atoms with E-state index >= 15 is 0 Å². The summed E-state index contributed by atoms with van der Waals surface area (Å²) >= 11 is 0. The standard InChI is InChI=1S/C14H22N2O/c1-11(12-6-3-2-4-7-12)16-13(10-15)14-8-5-9-17-14/h2-4,6-7,11,13-14,16H,5,8-10,15H2,1H3. The summed E-state index contributed by atoms with van der Waals surface area (Å²) in [5.74, 6) is 0. The summed E-state index contributed by atoms with van der Waals surface area (Å²) in [6, 6.07) is 11.0. The number of nitrogens with one attached hydrogen (secondary N) is 1. The lowest BCUT2D eigenvalue weighted by atomic mass is 10.0. The van der Waals surface area contributed by atoms with Gasteiger partial charge in [-0.2, -0.15) is 0 Å². The SMILES string of the molecule is CC(NC(CN)C1CCCO1)c1ccccc1. The Labute approximate surface area is 103 Å². The second kappa shape index (κ2) is 6.15. The maximum atomic E-state index is 5.84. The molecule has 0 aromatic heterocycles. The molecule has 0 saturated carbocycles. The first kappa shape index (κ1) is 12.6. The van der Waals surface area contributed by atoms with Crippen LogP contribution in [0.25, 0.3) is 0 Å². The molecule has 3 N–H and O–H groups in total. The Hall–Kier alpha value is -0.900. The Bertz CT molecular complexity index is 322. The normalized spacial score (nSPS) is 23.5. The molecule has 3 unspecified atom stereocenters. The summed E-state index contributed by atoms with van der Waals surface area (Å²) in [7, 11) is 0. The van der Waals surface area contributed by atoms with E-state index in [0.717, 1.165) is 19.4 Å². The first-order valence-corrected chi connectivity index (χ1v) is 6.44. The van der Waals surface area contributed by atoms with Crippen molar-refractivity contribution in [3.05, 3.63) is 35.9 Å². The molecule has 0 aliphatic carbocycles. The van der Waals surface area contributed by atoms with E-state index in [1.165, 1.54) is 5.56 Å². The minimum absolute atomic E-state index is 0.257. The zero-order valence-corrected chi connectivity index (χ0v) is 10.4. The third-order valence-corrected chi connectivity index (χ3v) is 3.43. The monoisotopic (exact) mass is 234 g/mol. The van der Waals surface area contributed by atoms with Crippen molar-refractivity contribution in [3.63, 3.8) is 0 Å². The molecule has 0 spiro atoms. The van der Waals surface area contributed by atoms with Crippen molar-refractivity contribution in [1.82, 2.24) is 5.32 Å². The van der Waals surface area contributed by atoms with Crippen molar-refractivity contribution >= 4 is 0 Å². The van der Waals surface area contributed by atoms with E-state index in [2.05, 4.69) is 36.5 Å². The second-order valence-corrected chi connectivity index (χ2v) is 4.69. The molecule has 1 aromatic carbocycles. The van der Waals surface area contributed by atoms with Crippen molar-refractivity contribution in [3.8, 4) is 0 Å². The van der Waals surface area contributed by atoms with E-state index in [0.29, 0.717) is 12.6 Å². The predicted molar refractivity (Wildman–Crippen MR) is 69.8 cm³/mol. The van der Waals surface area contributed by atoms with Crippen molar-refractivity contribution in [2.24, 2.45) is 5.73 Å². The third-order valence-electron chi connectivity index (χ3n) is 3.43. The van der Waals surface area contributed by atoms with Gasteiger partial charge < -0.3 is 15.8 Å². The van der Waals surface area contributed by atoms with Crippen molar-refractivity contribution in [2.75, 3.05) is 13.2 Å². The van der Waals surface area contributed by atoms with E-state index in [1.54, 1.807) is 0 Å². The average Bonchev–Trinajstić information content (AvgIpc) is 2.90. The number of benzene rings is 1. The van der Waals surface area contributed by atoms with Gasteiger partial charge >= 0.3 is 0 Å². The van der Waals surface area contributed by atoms with E-state index in [1.807, 2.05) is 6.07 Å². The summed E-state index contributed by atoms with van der Waals surface area (Å²) < 4.78 is 5.70. The Balaban J connectivity index is 1.94. The Morgan fingerprint density at radius 2 is 2.18 bits per heavy atom. The van der Waals surface area contributed by atoms with Crippen LogP contribution in [0.15, 0.2) is 30.3 Å². The van der Waals surface area contributed by atoms with Gasteiger partial charge in [0.2, 0.25) is 0 Å². The fourth-order valence-electron chi connectivity index (χ4n) is 2.41. The van der Waals surface area contributed by atoms with Crippen molar-refractivity contribution in [1.29, 1.82) is 0 Å². The molecule has 0 amide bonds. The summed E-state index contributed by atoms with van der Waals surface area (Å²) in [4.78, 5) is 0. The number of hydrogen-bond donors (Lipinski definition) is 2. The van der Waals surface area contributed by atoms with Gasteiger partial charge in [0.25, 0.3) is 0 Å². The van der Waals surface area contributed by atoms with Crippen LogP contribution in [0, 0.1) is 0 Å². The lowest BCUT2D eigenvalue weighted by molar-refractivity contribution is 0.0773. The molecule has 3 atom stereocenters. The summed E-state index contributed by atoms with van der Waals surface area (Å²) in [6.45, 7) is 3.68. The second-order valence-electron chi connectivity index (χ2n) is 4.69. The fourth-order valence-corrected chi connectivity index (χ4v) is 2.41. The number of hydrogen-bond acceptors (Lipinski definition) is 3. The van der Waals surface area contributed by atoms with Gasteiger partial charge in [-0.3, -0.25) is 0 Å². The van der Waals surface area contributed by atoms with Gasteiger partial charge in [-0.1, -0.05) is 30.3 Å². The Morgan fingerprint density at radius 1 is 1.41 bits per heavy atom. The smallest absolute Gasteiger partial charge is 0.0741 e. The van der Waals surface area contributed by atoms with Crippen LogP contribution in [-0.4, -0.2) is 25.3 Å². The summed E-state index contributed by atoms with van der Waals surface area (Å²) in [6.07, 6.45) is 2.56. The van der Waals surface area contributed by atoms with E-state index in [-0.39, 0.29) is 12.1 Å². The van der Waals surface area contributed by atoms with Gasteiger partial charge in [-0.25, -0.2) is 0 Å². The van der Waals surface area contributed by atoms with Gasteiger partial charge in [-0.15, -0.1) is 0 Å². The average molecular weight is 234 g/mol. The minimum atomic E-state index is 0.257. The molecule has 1 aliphatic heterocycles. The zero-order chi connectivity index (χ0) is 12.1. The molecule has 2 rings (SSSR count). The van der Waals surface area contributed by atoms with Crippen LogP contribution in [0.2, 0.25) is 0 Å². The molecule has 1 heterocycles. The first-order valence-electron chi connectivity index (χ1n) is 6.44. The molecule has 0 radical (unpaired) electrons. The maximum Gasteiger partial charge on any atom is 0.0741 e. The van der Waals surface area contributed by atoms with Gasteiger partial charge in [0.15, 0.2) is 0 Å². The molecular weight excluding hydrogens is 212 g/mol. The fraction of sp³-hybridized carbons (Fsp3) is 0.571. The van der Waals surface area contributed by atoms with E-state index in [4.69, 9.17) is 10.5 Å². The maximum absolute atomic E-state index is 5.84. The number of ether oxygens (including phenoxy) is 1. The molecule has 1 aromatic rings. The predicted octanol–water partition coefficient (Wildman–Crippen LogP) is 1.84. The van der Waals surface area contributed by atoms with Crippen LogP contribution < -0.4 is 11.1 Å². The molecule has 1 aliphatic rings. The van der Waals surface area contributed by atoms with Crippen LogP contribution in [-0.2, 0) is 4.74 Å². The molecule has 94 valence electrons. The molecule has 0 bridgehead atoms. The molecule has 3 nitrogen and oxygen atoms in total. The van der Waals surface area contributed by atoms with E-state index in [9.17, 15) is 0 Å². The number of nitrogens with two attached hydrogens (primary N) is 1. The summed E-state index contributed by atoms with van der Waals surface area (Å²) in [5, 5.41) is 3.57. The van der Waals surface area contributed by atoms with Gasteiger partial charge in [-0.05, 0) is 25.3 Å². The Morgan fingerprint density at radius 3 is 2.76 bits per heavy atom. The highest BCUT2D eigenvalue weighted by atomic mass is 16.5. The quantitative estimate of drug-likeness (QED) is 0.817. The van der Waals surface area contributed by atoms with Crippen LogP contribution in [0.1, 0.15) is 31.4 Å². The molecule has 1 saturated heterocycles. The minimum Gasteiger partial charge on any atom is -0.377 e. The highest BCUT2D eigenvalue weighted by Crippen LogP contribution is 2.19. The van der Waals surface area contributed by atoms with Crippen LogP contribution in [0.3, 0.4) is 0 Å². The van der Waals surface area contributed by atoms with Gasteiger partial charge in [0.1, 0.15) is 0 Å². The zero-order valence-electron chi connectivity index (χ0n) is 10.4. The molecular formula is C14H22N2O. The molecule has 1 fully saturated rings. The van der Waals surface area contributed by atoms with Crippen LogP contribution in [0.5, 0.6) is 0 Å². The van der Waals surface area contributed by atoms with Gasteiger partial charge in [0.05, 0.1) is 6.10 Å². The molecule has 3 heteroatoms. The van der Waals surface area contributed by atoms with E-state index < -0.39 is 0 Å². The Kier molecular flexibility index (Phi) is 4.54. The van der Waals surface area contributed by atoms with Crippen LogP contribution >= 0.6 is 0 Å². The van der Waals surface area contributed by atoms with Gasteiger partial charge in [0, 0.05) is 25.2 Å². The van der Waals surface area contributed by atoms with Crippen molar-refractivity contribution in [2.45, 2.75) is 38.0 Å². The van der Waals surface area contributed by atoms with Crippen molar-refractivity contribution < 1.29 is 4.74 Å². The lowest BCUT2D eigenvalue weighted by Crippen LogP contribution is -2.46. The lowest BCUT2D eigenvalue weighted by Gasteiger charge is -2.26. The largest absolute Gasteiger partial charge is 0.377 e. The molecule has 17 heavy (non-hydrogen) atoms. The summed E-state index contributed by atoms with van der Waals surface area (Å²) in [5.41, 5.74) is 7.13. The highest BCUT2D eigenvalue weighted by molar-refractivity contribution is 5.18. The van der Waals surface area contributed by atoms with Crippen LogP contribution in [0.4, 0.5) is 0 Å². The number of rotatable bonds is 5. The third kappa shape index (κ3) is 3.28. The topological polar surface area (TPSA) is 47.3 Å². The first-order chi connectivity index (χ1) is 8.31.